The molecule has 0 saturated carbocycles. The molecule has 2 fully saturated rings. The van der Waals surface area contributed by atoms with E-state index in [4.69, 9.17) is 14.5 Å². The second-order valence-electron chi connectivity index (χ2n) is 12.6. The van der Waals surface area contributed by atoms with Crippen molar-refractivity contribution in [3.05, 3.63) is 84.7 Å². The molecule has 3 heterocycles. The third kappa shape index (κ3) is 6.10. The molecule has 43 heavy (non-hydrogen) atoms. The monoisotopic (exact) mass is 581 g/mol. The van der Waals surface area contributed by atoms with E-state index in [2.05, 4.69) is 89.8 Å². The summed E-state index contributed by atoms with van der Waals surface area (Å²) in [5.41, 5.74) is 3.46. The molecule has 2 unspecified atom stereocenters. The first-order chi connectivity index (χ1) is 20.8. The minimum absolute atomic E-state index is 0.135. The zero-order valence-electron chi connectivity index (χ0n) is 25.5. The van der Waals surface area contributed by atoms with Gasteiger partial charge in [0.1, 0.15) is 0 Å². The zero-order chi connectivity index (χ0) is 29.9. The highest BCUT2D eigenvalue weighted by molar-refractivity contribution is 6.07. The van der Waals surface area contributed by atoms with Gasteiger partial charge in [0, 0.05) is 49.9 Å². The molecule has 8 nitrogen and oxygen atoms in total. The summed E-state index contributed by atoms with van der Waals surface area (Å²) < 4.78 is 11.1. The van der Waals surface area contributed by atoms with Gasteiger partial charge in [-0.2, -0.15) is 0 Å². The maximum Gasteiger partial charge on any atom is 0.319 e. The number of anilines is 1. The summed E-state index contributed by atoms with van der Waals surface area (Å²) in [7, 11) is 0. The fourth-order valence-electron chi connectivity index (χ4n) is 6.84. The lowest BCUT2D eigenvalue weighted by molar-refractivity contribution is -0.0534. The molecule has 1 aliphatic carbocycles. The number of benzene rings is 2. The molecule has 8 heteroatoms. The van der Waals surface area contributed by atoms with Gasteiger partial charge in [0.15, 0.2) is 0 Å². The molecular weight excluding hydrogens is 538 g/mol. The Balaban J connectivity index is 1.22. The number of morpholine rings is 2. The second kappa shape index (κ2) is 12.6. The first-order valence-electron chi connectivity index (χ1n) is 15.4. The Bertz CT molecular complexity index is 1480. The summed E-state index contributed by atoms with van der Waals surface area (Å²) in [4.78, 5) is 23.2. The van der Waals surface area contributed by atoms with Crippen LogP contribution in [0.5, 0.6) is 0 Å². The maximum atomic E-state index is 13.6. The van der Waals surface area contributed by atoms with Crippen molar-refractivity contribution in [3.63, 3.8) is 0 Å². The van der Waals surface area contributed by atoms with Crippen molar-refractivity contribution in [1.82, 2.24) is 20.1 Å². The van der Waals surface area contributed by atoms with Crippen molar-refractivity contribution in [2.75, 3.05) is 57.9 Å². The Morgan fingerprint density at radius 2 is 1.65 bits per heavy atom. The van der Waals surface area contributed by atoms with Gasteiger partial charge in [-0.1, -0.05) is 81.5 Å². The van der Waals surface area contributed by atoms with Crippen LogP contribution in [0.3, 0.4) is 0 Å². The van der Waals surface area contributed by atoms with E-state index in [0.29, 0.717) is 13.2 Å². The second-order valence-corrected chi connectivity index (χ2v) is 12.6. The number of rotatable bonds is 6. The molecule has 0 radical (unpaired) electrons. The van der Waals surface area contributed by atoms with E-state index in [9.17, 15) is 4.79 Å². The van der Waals surface area contributed by atoms with Gasteiger partial charge in [0.25, 0.3) is 0 Å². The molecule has 3 aromatic rings. The third-order valence-electron chi connectivity index (χ3n) is 9.06. The highest BCUT2D eigenvalue weighted by atomic mass is 16.5. The Morgan fingerprint density at radius 1 is 0.930 bits per heavy atom. The zero-order valence-corrected chi connectivity index (χ0v) is 25.5. The average molecular weight is 582 g/mol. The largest absolute Gasteiger partial charge is 0.379 e. The highest BCUT2D eigenvalue weighted by Crippen LogP contribution is 2.42. The van der Waals surface area contributed by atoms with Crippen molar-refractivity contribution < 1.29 is 14.3 Å². The topological polar surface area (TPSA) is 79.0 Å². The number of hydrogen-bond donors (Lipinski definition) is 2. The van der Waals surface area contributed by atoms with E-state index in [0.717, 1.165) is 79.2 Å². The predicted octanol–water partition coefficient (Wildman–Crippen LogP) is 5.47. The van der Waals surface area contributed by atoms with Gasteiger partial charge < -0.3 is 20.1 Å². The Kier molecular flexibility index (Phi) is 8.63. The van der Waals surface area contributed by atoms with E-state index < -0.39 is 0 Å². The number of amides is 2. The molecule has 1 aromatic heterocycles. The van der Waals surface area contributed by atoms with Gasteiger partial charge >= 0.3 is 6.03 Å². The van der Waals surface area contributed by atoms with Crippen molar-refractivity contribution in [1.29, 1.82) is 0 Å². The van der Waals surface area contributed by atoms with Crippen LogP contribution in [0, 0.1) is 5.41 Å². The molecule has 226 valence electrons. The summed E-state index contributed by atoms with van der Waals surface area (Å²) in [5.74, 6) is 0. The fourth-order valence-corrected chi connectivity index (χ4v) is 6.84. The van der Waals surface area contributed by atoms with E-state index in [1.54, 1.807) is 0 Å². The van der Waals surface area contributed by atoms with Gasteiger partial charge in [-0.25, -0.2) is 4.79 Å². The van der Waals surface area contributed by atoms with E-state index in [1.165, 1.54) is 0 Å². The number of nitrogens with zero attached hydrogens (tertiary/aromatic N) is 3. The van der Waals surface area contributed by atoms with Crippen LogP contribution in [0.1, 0.15) is 26.5 Å². The summed E-state index contributed by atoms with van der Waals surface area (Å²) in [5, 5.41) is 8.55. The number of pyridine rings is 1. The maximum absolute atomic E-state index is 13.6. The van der Waals surface area contributed by atoms with E-state index >= 15 is 0 Å². The van der Waals surface area contributed by atoms with E-state index in [-0.39, 0.29) is 23.0 Å². The minimum Gasteiger partial charge on any atom is -0.379 e. The summed E-state index contributed by atoms with van der Waals surface area (Å²) in [6.07, 6.45) is 10.5. The van der Waals surface area contributed by atoms with Crippen LogP contribution in [-0.2, 0) is 16.0 Å². The summed E-state index contributed by atoms with van der Waals surface area (Å²) in [6.45, 7) is 14.0. The summed E-state index contributed by atoms with van der Waals surface area (Å²) >= 11 is 0. The SMILES string of the molecule is CC(C)(C)C1(N2CCOCC2)C=CC=CC1NC(=O)Nc1ccc(-c2ccc(CN3CCOCC3)nc2)c2ccccc12. The summed E-state index contributed by atoms with van der Waals surface area (Å²) in [6, 6.07) is 16.1. The molecule has 2 saturated heterocycles. The van der Waals surface area contributed by atoms with Crippen molar-refractivity contribution in [3.8, 4) is 11.1 Å². The standard InChI is InChI=1S/C35H43N5O3/c1-34(2,3)35(40-18-22-43-23-19-40)15-7-6-10-32(35)38-33(41)37-31-14-13-28(29-8-4-5-9-30(29)31)26-11-12-27(36-24-26)25-39-16-20-42-21-17-39/h4-15,24,32H,16-23,25H2,1-3H3,(H2,37,38,41). The molecule has 6 rings (SSSR count). The van der Waals surface area contributed by atoms with Crippen LogP contribution in [0.2, 0.25) is 0 Å². The molecule has 2 atom stereocenters. The van der Waals surface area contributed by atoms with Gasteiger partial charge in [-0.05, 0) is 28.5 Å². The van der Waals surface area contributed by atoms with Crippen molar-refractivity contribution in [2.45, 2.75) is 38.9 Å². The first-order valence-corrected chi connectivity index (χ1v) is 15.4. The minimum atomic E-state index is -0.379. The quantitative estimate of drug-likeness (QED) is 0.402. The van der Waals surface area contributed by atoms with Crippen molar-refractivity contribution >= 4 is 22.5 Å². The molecule has 2 amide bonds. The van der Waals surface area contributed by atoms with Gasteiger partial charge in [0.05, 0.1) is 49.4 Å². The molecule has 2 aromatic carbocycles. The van der Waals surface area contributed by atoms with Crippen LogP contribution in [0.25, 0.3) is 21.9 Å². The van der Waals surface area contributed by atoms with Gasteiger partial charge in [0.2, 0.25) is 0 Å². The average Bonchev–Trinajstić information content (AvgIpc) is 3.02. The smallest absolute Gasteiger partial charge is 0.319 e. The molecule has 2 N–H and O–H groups in total. The Labute approximate surface area is 254 Å². The number of allylic oxidation sites excluding steroid dienone is 2. The number of aromatic nitrogens is 1. The lowest BCUT2D eigenvalue weighted by Crippen LogP contribution is -2.69. The number of carbonyl (C=O) groups excluding carboxylic acids is 1. The number of nitrogens with one attached hydrogen (secondary N) is 2. The van der Waals surface area contributed by atoms with Crippen LogP contribution in [0.4, 0.5) is 10.5 Å². The lowest BCUT2D eigenvalue weighted by atomic mass is 9.66. The Hall–Kier alpha value is -3.56. The lowest BCUT2D eigenvalue weighted by Gasteiger charge is -2.55. The molecule has 0 spiro atoms. The van der Waals surface area contributed by atoms with Crippen LogP contribution >= 0.6 is 0 Å². The van der Waals surface area contributed by atoms with Gasteiger partial charge in [-0.3, -0.25) is 14.8 Å². The normalized spacial score (nSPS) is 23.4. The van der Waals surface area contributed by atoms with Gasteiger partial charge in [-0.15, -0.1) is 0 Å². The fraction of sp³-hybridized carbons (Fsp3) is 0.429. The third-order valence-corrected chi connectivity index (χ3v) is 9.06. The number of hydrogen-bond acceptors (Lipinski definition) is 6. The number of carbonyl (C=O) groups is 1. The highest BCUT2D eigenvalue weighted by Gasteiger charge is 2.51. The molecule has 2 aliphatic heterocycles. The van der Waals surface area contributed by atoms with E-state index in [1.807, 2.05) is 30.5 Å². The number of ether oxygens (including phenoxy) is 2. The molecule has 3 aliphatic rings. The number of urea groups is 1. The Morgan fingerprint density at radius 3 is 2.35 bits per heavy atom. The van der Waals surface area contributed by atoms with Crippen LogP contribution < -0.4 is 10.6 Å². The molecule has 0 bridgehead atoms. The predicted molar refractivity (Wildman–Crippen MR) is 172 cm³/mol. The van der Waals surface area contributed by atoms with Crippen LogP contribution in [0.15, 0.2) is 79.0 Å². The van der Waals surface area contributed by atoms with Crippen molar-refractivity contribution in [2.24, 2.45) is 5.41 Å². The van der Waals surface area contributed by atoms with Crippen LogP contribution in [-0.4, -0.2) is 85.0 Å². The number of fused-ring (bicyclic) bond motifs is 1. The molecular formula is C35H43N5O3. The first kappa shape index (κ1) is 29.5.